The van der Waals surface area contributed by atoms with Gasteiger partial charge in [0.05, 0.1) is 34.4 Å². The van der Waals surface area contributed by atoms with Crippen LogP contribution in [0.1, 0.15) is 232 Å². The average molecular weight is 831 g/mol. The third-order valence-electron chi connectivity index (χ3n) is 10.8. The highest BCUT2D eigenvalue weighted by Gasteiger charge is 2.26. The van der Waals surface area contributed by atoms with E-state index in [0.29, 0.717) is 24.1 Å². The van der Waals surface area contributed by atoms with E-state index in [0.717, 1.165) is 32.1 Å². The number of esters is 1. The van der Waals surface area contributed by atoms with E-state index in [9.17, 15) is 14.3 Å². The molecule has 0 fully saturated rings. The smallest absolute Gasteiger partial charge is 0.457 e. The van der Waals surface area contributed by atoms with E-state index in [1.54, 1.807) is 0 Å². The number of phosphoric acid groups is 1. The molecular formula is C48H97NO7P+. The fourth-order valence-electron chi connectivity index (χ4n) is 7.02. The van der Waals surface area contributed by atoms with Gasteiger partial charge in [-0.3, -0.25) is 13.8 Å². The fraction of sp³-hybridized carbons (Fsp3) is 0.938. The van der Waals surface area contributed by atoms with Gasteiger partial charge < -0.3 is 18.9 Å². The largest absolute Gasteiger partial charge is 0.472 e. The van der Waals surface area contributed by atoms with Crippen molar-refractivity contribution in [1.82, 2.24) is 0 Å². The van der Waals surface area contributed by atoms with Crippen molar-refractivity contribution in [2.75, 3.05) is 54.1 Å². The van der Waals surface area contributed by atoms with Gasteiger partial charge in [0.25, 0.3) is 0 Å². The summed E-state index contributed by atoms with van der Waals surface area (Å²) in [6, 6.07) is 0. The topological polar surface area (TPSA) is 91.3 Å². The normalized spacial score (nSPS) is 13.7. The summed E-state index contributed by atoms with van der Waals surface area (Å²) in [6.45, 7) is 5.67. The molecule has 340 valence electrons. The van der Waals surface area contributed by atoms with Gasteiger partial charge in [-0.15, -0.1) is 0 Å². The molecule has 1 N–H and O–H groups in total. The minimum atomic E-state index is -4.27. The van der Waals surface area contributed by atoms with E-state index >= 15 is 0 Å². The maximum Gasteiger partial charge on any atom is 0.472 e. The molecule has 0 spiro atoms. The lowest BCUT2D eigenvalue weighted by Gasteiger charge is -2.24. The second kappa shape index (κ2) is 42.0. The van der Waals surface area contributed by atoms with Crippen molar-refractivity contribution in [2.45, 2.75) is 238 Å². The zero-order valence-electron chi connectivity index (χ0n) is 38.6. The van der Waals surface area contributed by atoms with Crippen molar-refractivity contribution < 1.29 is 37.3 Å². The number of hydrogen-bond donors (Lipinski definition) is 1. The molecule has 0 aromatic heterocycles. The molecule has 57 heavy (non-hydrogen) atoms. The summed E-state index contributed by atoms with van der Waals surface area (Å²) < 4.78 is 35.1. The summed E-state index contributed by atoms with van der Waals surface area (Å²) in [4.78, 5) is 22.9. The molecule has 0 rings (SSSR count). The summed E-state index contributed by atoms with van der Waals surface area (Å²) in [6.07, 6.45) is 46.7. The minimum absolute atomic E-state index is 0.0912. The lowest BCUT2D eigenvalue weighted by Crippen LogP contribution is -2.37. The number of ether oxygens (including phenoxy) is 2. The number of nitrogens with zero attached hydrogens (tertiary/aromatic N) is 1. The maximum atomic E-state index is 12.7. The van der Waals surface area contributed by atoms with Gasteiger partial charge in [-0.1, -0.05) is 199 Å². The number of carbonyl (C=O) groups is 1. The van der Waals surface area contributed by atoms with Gasteiger partial charge in [-0.25, -0.2) is 4.57 Å². The standard InChI is InChI=1S/C48H96NO7P/c1-6-8-10-12-14-16-18-20-22-24-25-27-29-31-33-35-37-39-41-48(50)56-47(46-55-57(51,52)54-44-42-49(3,4)5)45-53-43-40-38-36-34-32-30-28-26-23-21-19-17-15-13-11-9-7-2/h22,24,47H,6-21,23,25-46H2,1-5H3/p+1/b24-22-. The van der Waals surface area contributed by atoms with Crippen LogP contribution < -0.4 is 0 Å². The van der Waals surface area contributed by atoms with Gasteiger partial charge in [0.2, 0.25) is 0 Å². The number of phosphoric ester groups is 1. The highest BCUT2D eigenvalue weighted by Crippen LogP contribution is 2.43. The van der Waals surface area contributed by atoms with Crippen molar-refractivity contribution in [3.8, 4) is 0 Å². The van der Waals surface area contributed by atoms with Crippen LogP contribution in [0.2, 0.25) is 0 Å². The van der Waals surface area contributed by atoms with E-state index in [4.69, 9.17) is 18.5 Å². The van der Waals surface area contributed by atoms with E-state index < -0.39 is 13.9 Å². The molecule has 0 saturated heterocycles. The SMILES string of the molecule is CCCCCCCCC/C=C\CCCCCCCCCC(=O)OC(COCCCCCCCCCCCCCCCCCCC)COP(=O)(O)OCC[N+](C)(C)C. The number of hydrogen-bond acceptors (Lipinski definition) is 6. The zero-order chi connectivity index (χ0) is 42.0. The predicted octanol–water partition coefficient (Wildman–Crippen LogP) is 14.6. The molecule has 9 heteroatoms. The van der Waals surface area contributed by atoms with E-state index in [2.05, 4.69) is 26.0 Å². The Kier molecular flexibility index (Phi) is 41.4. The Morgan fingerprint density at radius 1 is 0.526 bits per heavy atom. The van der Waals surface area contributed by atoms with Crippen molar-refractivity contribution >= 4 is 13.8 Å². The van der Waals surface area contributed by atoms with Gasteiger partial charge in [0, 0.05) is 13.0 Å². The highest BCUT2D eigenvalue weighted by molar-refractivity contribution is 7.47. The molecule has 0 saturated carbocycles. The first kappa shape index (κ1) is 56.2. The molecule has 0 bridgehead atoms. The van der Waals surface area contributed by atoms with Crippen molar-refractivity contribution in [1.29, 1.82) is 0 Å². The second-order valence-electron chi connectivity index (χ2n) is 17.9. The first-order chi connectivity index (χ1) is 27.6. The third-order valence-corrected chi connectivity index (χ3v) is 11.8. The number of unbranched alkanes of at least 4 members (excludes halogenated alkanes) is 30. The zero-order valence-corrected chi connectivity index (χ0v) is 39.5. The van der Waals surface area contributed by atoms with Crippen LogP contribution in [0.5, 0.6) is 0 Å². The molecule has 2 unspecified atom stereocenters. The number of likely N-dealkylation sites (N-methyl/N-ethyl adjacent to an activating group) is 1. The van der Waals surface area contributed by atoms with Crippen LogP contribution in [0, 0.1) is 0 Å². The van der Waals surface area contributed by atoms with Crippen LogP contribution in [0.4, 0.5) is 0 Å². The number of allylic oxidation sites excluding steroid dienone is 2. The average Bonchev–Trinajstić information content (AvgIpc) is 3.16. The monoisotopic (exact) mass is 831 g/mol. The molecule has 0 radical (unpaired) electrons. The lowest BCUT2D eigenvalue weighted by atomic mass is 10.0. The van der Waals surface area contributed by atoms with Crippen LogP contribution in [0.15, 0.2) is 12.2 Å². The molecule has 0 heterocycles. The summed E-state index contributed by atoms with van der Waals surface area (Å²) in [5.74, 6) is -0.313. The molecule has 0 aromatic rings. The fourth-order valence-corrected chi connectivity index (χ4v) is 7.76. The van der Waals surface area contributed by atoms with Gasteiger partial charge >= 0.3 is 13.8 Å². The van der Waals surface area contributed by atoms with Crippen molar-refractivity contribution in [2.24, 2.45) is 0 Å². The first-order valence-electron chi connectivity index (χ1n) is 24.4. The minimum Gasteiger partial charge on any atom is -0.457 e. The van der Waals surface area contributed by atoms with E-state index in [1.807, 2.05) is 21.1 Å². The van der Waals surface area contributed by atoms with Gasteiger partial charge in [0.1, 0.15) is 19.3 Å². The van der Waals surface area contributed by atoms with Gasteiger partial charge in [-0.2, -0.15) is 0 Å². The quantitative estimate of drug-likeness (QED) is 0.0215. The summed E-state index contributed by atoms with van der Waals surface area (Å²) in [7, 11) is 1.68. The Morgan fingerprint density at radius 3 is 1.33 bits per heavy atom. The lowest BCUT2D eigenvalue weighted by molar-refractivity contribution is -0.870. The van der Waals surface area contributed by atoms with E-state index in [1.165, 1.54) is 180 Å². The number of carbonyl (C=O) groups excluding carboxylic acids is 1. The van der Waals surface area contributed by atoms with Crippen LogP contribution in [0.3, 0.4) is 0 Å². The van der Waals surface area contributed by atoms with Gasteiger partial charge in [-0.05, 0) is 38.5 Å². The van der Waals surface area contributed by atoms with Crippen LogP contribution in [-0.2, 0) is 27.9 Å². The third kappa shape index (κ3) is 46.2. The Morgan fingerprint density at radius 2 is 0.912 bits per heavy atom. The molecular weight excluding hydrogens is 734 g/mol. The Balaban J connectivity index is 4.15. The highest BCUT2D eigenvalue weighted by atomic mass is 31.2. The van der Waals surface area contributed by atoms with Crippen LogP contribution >= 0.6 is 7.82 Å². The molecule has 8 nitrogen and oxygen atoms in total. The number of rotatable bonds is 46. The molecule has 0 aliphatic heterocycles. The predicted molar refractivity (Wildman–Crippen MR) is 243 cm³/mol. The molecule has 0 aliphatic carbocycles. The summed E-state index contributed by atoms with van der Waals surface area (Å²) in [5.41, 5.74) is 0. The van der Waals surface area contributed by atoms with Crippen LogP contribution in [0.25, 0.3) is 0 Å². The number of quaternary nitrogens is 1. The Labute approximate surface area is 354 Å². The molecule has 0 aromatic carbocycles. The van der Waals surface area contributed by atoms with Crippen molar-refractivity contribution in [3.63, 3.8) is 0 Å². The maximum absolute atomic E-state index is 12.7. The van der Waals surface area contributed by atoms with E-state index in [-0.39, 0.29) is 25.8 Å². The Hall–Kier alpha value is -0.760. The summed E-state index contributed by atoms with van der Waals surface area (Å²) in [5, 5.41) is 0. The van der Waals surface area contributed by atoms with Crippen molar-refractivity contribution in [3.05, 3.63) is 12.2 Å². The van der Waals surface area contributed by atoms with Crippen LogP contribution in [-0.4, -0.2) is 75.6 Å². The second-order valence-corrected chi connectivity index (χ2v) is 19.3. The summed E-state index contributed by atoms with van der Waals surface area (Å²) >= 11 is 0. The molecule has 0 amide bonds. The molecule has 0 aliphatic rings. The van der Waals surface area contributed by atoms with Gasteiger partial charge in [0.15, 0.2) is 0 Å². The first-order valence-corrected chi connectivity index (χ1v) is 25.9. The Bertz CT molecular complexity index is 925. The molecule has 2 atom stereocenters.